The first-order chi connectivity index (χ1) is 8.88. The molecule has 0 saturated carbocycles. The van der Waals surface area contributed by atoms with Crippen molar-refractivity contribution in [3.8, 4) is 0 Å². The SMILES string of the molecule is CCOC(=O)Cc1c(C(F)F)c[nH]c(=O)c1[N+](=O)[O-]. The Kier molecular flexibility index (Phi) is 4.67. The summed E-state index contributed by atoms with van der Waals surface area (Å²) in [5, 5.41) is 10.7. The molecule has 0 aliphatic rings. The van der Waals surface area contributed by atoms with Crippen LogP contribution in [0, 0.1) is 10.1 Å². The zero-order valence-electron chi connectivity index (χ0n) is 9.81. The van der Waals surface area contributed by atoms with Crippen LogP contribution in [0.2, 0.25) is 0 Å². The van der Waals surface area contributed by atoms with Crippen LogP contribution in [0.5, 0.6) is 0 Å². The lowest BCUT2D eigenvalue weighted by Crippen LogP contribution is -2.19. The second-order valence-electron chi connectivity index (χ2n) is 3.44. The smallest absolute Gasteiger partial charge is 0.338 e. The number of hydrogen-bond acceptors (Lipinski definition) is 5. The summed E-state index contributed by atoms with van der Waals surface area (Å²) in [7, 11) is 0. The van der Waals surface area contributed by atoms with Crippen LogP contribution < -0.4 is 5.56 Å². The van der Waals surface area contributed by atoms with Crippen LogP contribution in [0.4, 0.5) is 14.5 Å². The summed E-state index contributed by atoms with van der Waals surface area (Å²) in [4.78, 5) is 34.1. The van der Waals surface area contributed by atoms with E-state index in [2.05, 4.69) is 4.74 Å². The van der Waals surface area contributed by atoms with Gasteiger partial charge in [-0.3, -0.25) is 19.7 Å². The Morgan fingerprint density at radius 2 is 2.21 bits per heavy atom. The van der Waals surface area contributed by atoms with Crippen molar-refractivity contribution in [1.29, 1.82) is 0 Å². The molecule has 1 heterocycles. The molecule has 0 spiro atoms. The van der Waals surface area contributed by atoms with Gasteiger partial charge in [0.2, 0.25) is 0 Å². The molecule has 9 heteroatoms. The predicted molar refractivity (Wildman–Crippen MR) is 59.0 cm³/mol. The van der Waals surface area contributed by atoms with E-state index in [1.807, 2.05) is 4.98 Å². The van der Waals surface area contributed by atoms with E-state index >= 15 is 0 Å². The minimum absolute atomic E-state index is 0.000165. The number of halogens is 2. The number of rotatable bonds is 5. The minimum Gasteiger partial charge on any atom is -0.466 e. The number of nitrogens with zero attached hydrogens (tertiary/aromatic N) is 1. The normalized spacial score (nSPS) is 10.5. The molecular weight excluding hydrogens is 266 g/mol. The van der Waals surface area contributed by atoms with Gasteiger partial charge in [0.15, 0.2) is 0 Å². The van der Waals surface area contributed by atoms with Crippen LogP contribution in [0.15, 0.2) is 11.0 Å². The lowest BCUT2D eigenvalue weighted by Gasteiger charge is -2.08. The molecule has 1 aromatic rings. The number of alkyl halides is 2. The van der Waals surface area contributed by atoms with Crippen molar-refractivity contribution in [1.82, 2.24) is 4.98 Å². The molecule has 104 valence electrons. The van der Waals surface area contributed by atoms with Gasteiger partial charge in [-0.25, -0.2) is 8.78 Å². The topological polar surface area (TPSA) is 102 Å². The lowest BCUT2D eigenvalue weighted by molar-refractivity contribution is -0.387. The number of aromatic amines is 1. The predicted octanol–water partition coefficient (Wildman–Crippen LogP) is 1.33. The molecule has 1 rings (SSSR count). The van der Waals surface area contributed by atoms with E-state index < -0.39 is 46.1 Å². The average Bonchev–Trinajstić information content (AvgIpc) is 2.28. The highest BCUT2D eigenvalue weighted by Gasteiger charge is 2.28. The van der Waals surface area contributed by atoms with Gasteiger partial charge in [0.25, 0.3) is 6.43 Å². The Balaban J connectivity index is 3.37. The van der Waals surface area contributed by atoms with E-state index in [0.29, 0.717) is 6.20 Å². The van der Waals surface area contributed by atoms with Gasteiger partial charge < -0.3 is 9.72 Å². The van der Waals surface area contributed by atoms with Crippen molar-refractivity contribution >= 4 is 11.7 Å². The molecule has 0 fully saturated rings. The summed E-state index contributed by atoms with van der Waals surface area (Å²) < 4.78 is 30.0. The summed E-state index contributed by atoms with van der Waals surface area (Å²) >= 11 is 0. The number of hydrogen-bond donors (Lipinski definition) is 1. The van der Waals surface area contributed by atoms with E-state index in [-0.39, 0.29) is 6.61 Å². The fourth-order valence-corrected chi connectivity index (χ4v) is 1.50. The van der Waals surface area contributed by atoms with Gasteiger partial charge in [0.05, 0.1) is 23.5 Å². The molecule has 0 amide bonds. The van der Waals surface area contributed by atoms with E-state index in [1.54, 1.807) is 0 Å². The van der Waals surface area contributed by atoms with Crippen LogP contribution in [0.3, 0.4) is 0 Å². The van der Waals surface area contributed by atoms with Crippen molar-refractivity contribution in [2.45, 2.75) is 19.8 Å². The Hall–Kier alpha value is -2.32. The first-order valence-corrected chi connectivity index (χ1v) is 5.21. The largest absolute Gasteiger partial charge is 0.466 e. The van der Waals surface area contributed by atoms with E-state index in [4.69, 9.17) is 0 Å². The quantitative estimate of drug-likeness (QED) is 0.496. The lowest BCUT2D eigenvalue weighted by atomic mass is 10.1. The van der Waals surface area contributed by atoms with Gasteiger partial charge >= 0.3 is 17.2 Å². The summed E-state index contributed by atoms with van der Waals surface area (Å²) in [5.41, 5.74) is -3.60. The van der Waals surface area contributed by atoms with Crippen LogP contribution in [0.25, 0.3) is 0 Å². The Bertz CT molecular complexity index is 555. The van der Waals surface area contributed by atoms with Gasteiger partial charge in [-0.1, -0.05) is 0 Å². The Morgan fingerprint density at radius 1 is 1.58 bits per heavy atom. The maximum Gasteiger partial charge on any atom is 0.338 e. The molecule has 0 saturated heterocycles. The molecule has 1 N–H and O–H groups in total. The highest BCUT2D eigenvalue weighted by molar-refractivity contribution is 5.74. The number of nitro groups is 1. The third-order valence-electron chi connectivity index (χ3n) is 2.25. The maximum atomic E-state index is 12.7. The molecule has 0 radical (unpaired) electrons. The number of esters is 1. The van der Waals surface area contributed by atoms with Crippen LogP contribution in [-0.4, -0.2) is 22.5 Å². The van der Waals surface area contributed by atoms with E-state index in [1.165, 1.54) is 6.92 Å². The first kappa shape index (κ1) is 14.7. The van der Waals surface area contributed by atoms with Gasteiger partial charge in [0, 0.05) is 11.8 Å². The maximum absolute atomic E-state index is 12.7. The Morgan fingerprint density at radius 3 is 2.68 bits per heavy atom. The fourth-order valence-electron chi connectivity index (χ4n) is 1.50. The summed E-state index contributed by atoms with van der Waals surface area (Å²) in [5.74, 6) is -0.918. The number of aromatic nitrogens is 1. The van der Waals surface area contributed by atoms with Crippen molar-refractivity contribution in [3.63, 3.8) is 0 Å². The summed E-state index contributed by atoms with van der Waals surface area (Å²) in [6, 6.07) is 0. The monoisotopic (exact) mass is 276 g/mol. The first-order valence-electron chi connectivity index (χ1n) is 5.21. The third kappa shape index (κ3) is 3.33. The number of H-pyrrole nitrogens is 1. The van der Waals surface area contributed by atoms with Crippen LogP contribution in [0.1, 0.15) is 24.5 Å². The molecule has 7 nitrogen and oxygen atoms in total. The highest BCUT2D eigenvalue weighted by atomic mass is 19.3. The van der Waals surface area contributed by atoms with Crippen LogP contribution >= 0.6 is 0 Å². The second kappa shape index (κ2) is 6.03. The van der Waals surface area contributed by atoms with Crippen LogP contribution in [-0.2, 0) is 16.0 Å². The molecule has 0 atom stereocenters. The third-order valence-corrected chi connectivity index (χ3v) is 2.25. The van der Waals surface area contributed by atoms with Gasteiger partial charge in [-0.15, -0.1) is 0 Å². The fraction of sp³-hybridized carbons (Fsp3) is 0.400. The zero-order valence-corrected chi connectivity index (χ0v) is 9.81. The van der Waals surface area contributed by atoms with Gasteiger partial charge in [-0.2, -0.15) is 0 Å². The van der Waals surface area contributed by atoms with Crippen molar-refractivity contribution < 1.29 is 23.2 Å². The summed E-state index contributed by atoms with van der Waals surface area (Å²) in [6.07, 6.45) is -3.15. The van der Waals surface area contributed by atoms with Crippen molar-refractivity contribution in [2.75, 3.05) is 6.61 Å². The number of pyridine rings is 1. The van der Waals surface area contributed by atoms with Gasteiger partial charge in [-0.05, 0) is 6.92 Å². The number of nitrogens with one attached hydrogen (secondary N) is 1. The molecule has 1 aromatic heterocycles. The Labute approximate surface area is 105 Å². The van der Waals surface area contributed by atoms with Crippen molar-refractivity contribution in [3.05, 3.63) is 37.8 Å². The number of ether oxygens (including phenoxy) is 1. The van der Waals surface area contributed by atoms with E-state index in [0.717, 1.165) is 0 Å². The molecule has 0 aliphatic heterocycles. The minimum atomic E-state index is -3.06. The molecular formula is C10H10F2N2O5. The second-order valence-corrected chi connectivity index (χ2v) is 3.44. The molecule has 0 bridgehead atoms. The van der Waals surface area contributed by atoms with E-state index in [9.17, 15) is 28.5 Å². The highest BCUT2D eigenvalue weighted by Crippen LogP contribution is 2.27. The van der Waals surface area contributed by atoms with Crippen molar-refractivity contribution in [2.24, 2.45) is 0 Å². The molecule has 0 aliphatic carbocycles. The standard InChI is InChI=1S/C10H10F2N2O5/c1-2-19-7(15)3-5-6(9(11)12)4-13-10(16)8(5)14(17)18/h4,9H,2-3H2,1H3,(H,13,16). The molecule has 0 aromatic carbocycles. The number of carbonyl (C=O) groups is 1. The molecule has 0 unspecified atom stereocenters. The average molecular weight is 276 g/mol. The van der Waals surface area contributed by atoms with Gasteiger partial charge in [0.1, 0.15) is 0 Å². The molecule has 19 heavy (non-hydrogen) atoms. The zero-order chi connectivity index (χ0) is 14.6. The summed E-state index contributed by atoms with van der Waals surface area (Å²) in [6.45, 7) is 1.50. The number of carbonyl (C=O) groups excluding carboxylic acids is 1.